The van der Waals surface area contributed by atoms with Crippen molar-refractivity contribution in [2.75, 3.05) is 19.6 Å². The van der Waals surface area contributed by atoms with Gasteiger partial charge < -0.3 is 10.6 Å². The maximum Gasteiger partial charge on any atom is 0.396 e. The van der Waals surface area contributed by atoms with Crippen molar-refractivity contribution >= 4 is 16.8 Å². The standard InChI is InChI=1S/C17H16F3N3O/c18-17(19,20)16-7-15(16,8-21-10-16)9-23-14(24)12-5-11-3-1-2-4-13(11)22-6-12/h1-6,21H,7-10H2,(H,23,24)/t15-,16-/m0/s1. The van der Waals surface area contributed by atoms with Gasteiger partial charge in [0.1, 0.15) is 0 Å². The molecule has 1 amide bonds. The molecule has 0 radical (unpaired) electrons. The molecule has 1 saturated carbocycles. The molecule has 1 saturated heterocycles. The number of nitrogens with zero attached hydrogens (tertiary/aromatic N) is 1. The second kappa shape index (κ2) is 4.92. The molecule has 24 heavy (non-hydrogen) atoms. The Labute approximate surface area is 136 Å². The maximum atomic E-state index is 13.3. The molecule has 4 nitrogen and oxygen atoms in total. The van der Waals surface area contributed by atoms with Crippen molar-refractivity contribution in [1.82, 2.24) is 15.6 Å². The van der Waals surface area contributed by atoms with Crippen LogP contribution in [0.5, 0.6) is 0 Å². The van der Waals surface area contributed by atoms with Gasteiger partial charge in [0.2, 0.25) is 0 Å². The summed E-state index contributed by atoms with van der Waals surface area (Å²) in [7, 11) is 0. The molecule has 2 N–H and O–H groups in total. The van der Waals surface area contributed by atoms with E-state index in [0.717, 1.165) is 10.9 Å². The number of nitrogens with one attached hydrogen (secondary N) is 2. The summed E-state index contributed by atoms with van der Waals surface area (Å²) in [5.41, 5.74) is -1.47. The highest BCUT2D eigenvalue weighted by Crippen LogP contribution is 2.72. The Morgan fingerprint density at radius 2 is 2.08 bits per heavy atom. The minimum absolute atomic E-state index is 0.0190. The summed E-state index contributed by atoms with van der Waals surface area (Å²) in [6.07, 6.45) is -2.72. The molecule has 1 aliphatic carbocycles. The molecule has 7 heteroatoms. The van der Waals surface area contributed by atoms with Crippen molar-refractivity contribution in [3.8, 4) is 0 Å². The van der Waals surface area contributed by atoms with Crippen LogP contribution in [-0.2, 0) is 0 Å². The van der Waals surface area contributed by atoms with Crippen LogP contribution in [0.25, 0.3) is 10.9 Å². The molecule has 0 bridgehead atoms. The fourth-order valence-electron chi connectivity index (χ4n) is 3.87. The SMILES string of the molecule is O=C(NC[C@]12CNC[C@@]1(C(F)(F)F)C2)c1cnc2ccccc2c1. The van der Waals surface area contributed by atoms with E-state index >= 15 is 0 Å². The van der Waals surface area contributed by atoms with Gasteiger partial charge in [0, 0.05) is 36.6 Å². The lowest BCUT2D eigenvalue weighted by Crippen LogP contribution is -2.37. The first-order valence-corrected chi connectivity index (χ1v) is 7.77. The normalized spacial score (nSPS) is 28.6. The zero-order valence-electron chi connectivity index (χ0n) is 12.8. The number of halogens is 3. The van der Waals surface area contributed by atoms with E-state index in [9.17, 15) is 18.0 Å². The molecule has 4 rings (SSSR count). The molecular weight excluding hydrogens is 319 g/mol. The molecule has 1 aromatic heterocycles. The molecule has 1 aliphatic heterocycles. The number of amides is 1. The number of alkyl halides is 3. The van der Waals surface area contributed by atoms with Crippen molar-refractivity contribution in [3.63, 3.8) is 0 Å². The Morgan fingerprint density at radius 3 is 2.83 bits per heavy atom. The summed E-state index contributed by atoms with van der Waals surface area (Å²) in [6, 6.07) is 9.07. The largest absolute Gasteiger partial charge is 0.396 e. The van der Waals surface area contributed by atoms with Crippen molar-refractivity contribution in [1.29, 1.82) is 0 Å². The highest BCUT2D eigenvalue weighted by Gasteiger charge is 2.81. The second-order valence-electron chi connectivity index (χ2n) is 6.74. The number of rotatable bonds is 3. The van der Waals surface area contributed by atoms with Crippen LogP contribution in [0, 0.1) is 10.8 Å². The maximum absolute atomic E-state index is 13.3. The van der Waals surface area contributed by atoms with Crippen LogP contribution in [0.3, 0.4) is 0 Å². The predicted octanol–water partition coefficient (Wildman–Crippen LogP) is 2.51. The predicted molar refractivity (Wildman–Crippen MR) is 82.5 cm³/mol. The van der Waals surface area contributed by atoms with Crippen LogP contribution in [0.2, 0.25) is 0 Å². The van der Waals surface area contributed by atoms with Crippen molar-refractivity contribution < 1.29 is 18.0 Å². The minimum atomic E-state index is -4.24. The third kappa shape index (κ3) is 2.11. The van der Waals surface area contributed by atoms with Gasteiger partial charge in [-0.1, -0.05) is 18.2 Å². The van der Waals surface area contributed by atoms with E-state index in [4.69, 9.17) is 0 Å². The Morgan fingerprint density at radius 1 is 1.29 bits per heavy atom. The van der Waals surface area contributed by atoms with Crippen molar-refractivity contribution in [2.24, 2.45) is 10.8 Å². The van der Waals surface area contributed by atoms with E-state index < -0.39 is 22.9 Å². The molecular formula is C17H16F3N3O. The summed E-state index contributed by atoms with van der Waals surface area (Å²) in [5.74, 6) is -0.391. The Hall–Kier alpha value is -2.15. The fraction of sp³-hybridized carbons (Fsp3) is 0.412. The van der Waals surface area contributed by atoms with Crippen LogP contribution in [0.4, 0.5) is 13.2 Å². The highest BCUT2D eigenvalue weighted by atomic mass is 19.4. The third-order valence-corrected chi connectivity index (χ3v) is 5.40. The lowest BCUT2D eigenvalue weighted by atomic mass is 9.95. The van der Waals surface area contributed by atoms with E-state index in [0.29, 0.717) is 5.56 Å². The number of aromatic nitrogens is 1. The fourth-order valence-corrected chi connectivity index (χ4v) is 3.87. The summed E-state index contributed by atoms with van der Waals surface area (Å²) < 4.78 is 39.9. The quantitative estimate of drug-likeness (QED) is 0.906. The number of hydrogen-bond acceptors (Lipinski definition) is 3. The van der Waals surface area contributed by atoms with Gasteiger partial charge in [-0.3, -0.25) is 9.78 Å². The topological polar surface area (TPSA) is 54.0 Å². The van der Waals surface area contributed by atoms with Gasteiger partial charge in [-0.15, -0.1) is 0 Å². The summed E-state index contributed by atoms with van der Waals surface area (Å²) in [4.78, 5) is 16.5. The minimum Gasteiger partial charge on any atom is -0.351 e. The average molecular weight is 335 g/mol. The number of carbonyl (C=O) groups is 1. The smallest absolute Gasteiger partial charge is 0.351 e. The number of carbonyl (C=O) groups excluding carboxylic acids is 1. The third-order valence-electron chi connectivity index (χ3n) is 5.40. The molecule has 126 valence electrons. The molecule has 2 aromatic rings. The van der Waals surface area contributed by atoms with E-state index in [1.807, 2.05) is 24.3 Å². The monoisotopic (exact) mass is 335 g/mol. The van der Waals surface area contributed by atoms with Gasteiger partial charge >= 0.3 is 6.18 Å². The number of pyridine rings is 1. The Balaban J connectivity index is 1.49. The van der Waals surface area contributed by atoms with E-state index in [1.165, 1.54) is 6.20 Å². The summed E-state index contributed by atoms with van der Waals surface area (Å²) >= 11 is 0. The average Bonchev–Trinajstić information content (AvgIpc) is 3.08. The Bertz CT molecular complexity index is 822. The van der Waals surface area contributed by atoms with E-state index in [-0.39, 0.29) is 26.1 Å². The molecule has 2 atom stereocenters. The van der Waals surface area contributed by atoms with Crippen LogP contribution >= 0.6 is 0 Å². The molecule has 2 heterocycles. The first kappa shape index (κ1) is 15.4. The number of hydrogen-bond donors (Lipinski definition) is 2. The summed E-state index contributed by atoms with van der Waals surface area (Å²) in [5, 5.41) is 6.30. The molecule has 2 fully saturated rings. The van der Waals surface area contributed by atoms with Crippen molar-refractivity contribution in [3.05, 3.63) is 42.1 Å². The molecule has 0 spiro atoms. The first-order chi connectivity index (χ1) is 11.4. The molecule has 1 aromatic carbocycles. The van der Waals surface area contributed by atoms with E-state index in [1.54, 1.807) is 6.07 Å². The molecule has 2 aliphatic rings. The second-order valence-corrected chi connectivity index (χ2v) is 6.74. The number of fused-ring (bicyclic) bond motifs is 2. The summed E-state index contributed by atoms with van der Waals surface area (Å²) in [6.45, 7) is 0.234. The molecule has 0 unspecified atom stereocenters. The van der Waals surface area contributed by atoms with Gasteiger partial charge in [0.25, 0.3) is 5.91 Å². The number of piperidine rings is 1. The van der Waals surface area contributed by atoms with Crippen molar-refractivity contribution in [2.45, 2.75) is 12.6 Å². The van der Waals surface area contributed by atoms with Crippen LogP contribution < -0.4 is 10.6 Å². The van der Waals surface area contributed by atoms with E-state index in [2.05, 4.69) is 15.6 Å². The van der Waals surface area contributed by atoms with Gasteiger partial charge in [0.15, 0.2) is 0 Å². The number of para-hydroxylation sites is 1. The lowest BCUT2D eigenvalue weighted by Gasteiger charge is -2.20. The Kier molecular flexibility index (Phi) is 3.16. The zero-order chi connectivity index (χ0) is 17.0. The zero-order valence-corrected chi connectivity index (χ0v) is 12.8. The number of benzene rings is 1. The van der Waals surface area contributed by atoms with Crippen LogP contribution in [0.1, 0.15) is 16.8 Å². The van der Waals surface area contributed by atoms with Gasteiger partial charge in [0.05, 0.1) is 16.5 Å². The van der Waals surface area contributed by atoms with Crippen LogP contribution in [0.15, 0.2) is 36.5 Å². The van der Waals surface area contributed by atoms with Gasteiger partial charge in [-0.05, 0) is 18.6 Å². The first-order valence-electron chi connectivity index (χ1n) is 7.77. The van der Waals surface area contributed by atoms with Gasteiger partial charge in [-0.2, -0.15) is 13.2 Å². The lowest BCUT2D eigenvalue weighted by molar-refractivity contribution is -0.190. The van der Waals surface area contributed by atoms with Crippen LogP contribution in [-0.4, -0.2) is 36.7 Å². The highest BCUT2D eigenvalue weighted by molar-refractivity contribution is 5.97. The van der Waals surface area contributed by atoms with Gasteiger partial charge in [-0.25, -0.2) is 0 Å².